The SMILES string of the molecule is Cc1sc2c(c1C)C(c1ccc(Cl)cc1)=NC(CNCCCN1CCN(C)CC1)c1nnc(C)n1-2. The maximum atomic E-state index is 6.21. The molecule has 1 atom stereocenters. The summed E-state index contributed by atoms with van der Waals surface area (Å²) in [6.07, 6.45) is 1.13. The second-order valence-electron chi connectivity index (χ2n) is 9.61. The number of halogens is 1. The van der Waals surface area contributed by atoms with Crippen LogP contribution in [0.3, 0.4) is 0 Å². The zero-order valence-corrected chi connectivity index (χ0v) is 22.6. The van der Waals surface area contributed by atoms with Crippen molar-refractivity contribution in [2.75, 3.05) is 52.9 Å². The highest BCUT2D eigenvalue weighted by atomic mass is 35.5. The normalized spacial score (nSPS) is 18.8. The maximum absolute atomic E-state index is 6.21. The Labute approximate surface area is 216 Å². The van der Waals surface area contributed by atoms with Gasteiger partial charge in [-0.15, -0.1) is 21.5 Å². The van der Waals surface area contributed by atoms with Crippen LogP contribution in [-0.4, -0.2) is 83.1 Å². The molecule has 0 saturated carbocycles. The summed E-state index contributed by atoms with van der Waals surface area (Å²) in [4.78, 5) is 11.6. The summed E-state index contributed by atoms with van der Waals surface area (Å²) < 4.78 is 2.21. The smallest absolute Gasteiger partial charge is 0.164 e. The molecule has 0 spiro atoms. The number of aromatic nitrogens is 3. The van der Waals surface area contributed by atoms with Gasteiger partial charge in [0, 0.05) is 53.8 Å². The third-order valence-electron chi connectivity index (χ3n) is 7.12. The van der Waals surface area contributed by atoms with Gasteiger partial charge >= 0.3 is 0 Å². The number of benzene rings is 1. The number of aliphatic imine (C=N–C) groups is 1. The van der Waals surface area contributed by atoms with Crippen LogP contribution in [0.1, 0.15) is 45.7 Å². The predicted octanol–water partition coefficient (Wildman–Crippen LogP) is 4.03. The van der Waals surface area contributed by atoms with Crippen molar-refractivity contribution in [3.8, 4) is 5.00 Å². The van der Waals surface area contributed by atoms with Crippen molar-refractivity contribution >= 4 is 28.6 Å². The molecule has 186 valence electrons. The minimum absolute atomic E-state index is 0.121. The van der Waals surface area contributed by atoms with Gasteiger partial charge in [0.25, 0.3) is 0 Å². The van der Waals surface area contributed by atoms with E-state index in [4.69, 9.17) is 16.6 Å². The maximum Gasteiger partial charge on any atom is 0.164 e. The third-order valence-corrected chi connectivity index (χ3v) is 8.56. The van der Waals surface area contributed by atoms with Crippen molar-refractivity contribution in [2.45, 2.75) is 33.2 Å². The molecule has 4 heterocycles. The first-order chi connectivity index (χ1) is 16.9. The highest BCUT2D eigenvalue weighted by Gasteiger charge is 2.31. The Morgan fingerprint density at radius 1 is 1.06 bits per heavy atom. The lowest BCUT2D eigenvalue weighted by atomic mass is 10.00. The lowest BCUT2D eigenvalue weighted by Gasteiger charge is -2.32. The number of hydrogen-bond acceptors (Lipinski definition) is 7. The van der Waals surface area contributed by atoms with Crippen LogP contribution < -0.4 is 5.32 Å². The number of thiophene rings is 1. The summed E-state index contributed by atoms with van der Waals surface area (Å²) in [5.41, 5.74) is 4.52. The van der Waals surface area contributed by atoms with Gasteiger partial charge < -0.3 is 15.1 Å². The molecule has 2 aromatic heterocycles. The minimum Gasteiger partial charge on any atom is -0.314 e. The fraction of sp³-hybridized carbons (Fsp3) is 0.500. The van der Waals surface area contributed by atoms with Crippen molar-refractivity contribution in [3.63, 3.8) is 0 Å². The predicted molar refractivity (Wildman–Crippen MR) is 145 cm³/mol. The van der Waals surface area contributed by atoms with Crippen molar-refractivity contribution < 1.29 is 0 Å². The molecule has 0 amide bonds. The average molecular weight is 512 g/mol. The molecule has 5 rings (SSSR count). The van der Waals surface area contributed by atoms with Crippen LogP contribution in [0.5, 0.6) is 0 Å². The highest BCUT2D eigenvalue weighted by Crippen LogP contribution is 2.38. The van der Waals surface area contributed by atoms with Gasteiger partial charge in [0.05, 0.1) is 5.71 Å². The summed E-state index contributed by atoms with van der Waals surface area (Å²) >= 11 is 8.00. The minimum atomic E-state index is -0.121. The van der Waals surface area contributed by atoms with Gasteiger partial charge in [-0.05, 0) is 65.0 Å². The van der Waals surface area contributed by atoms with Crippen LogP contribution in [0, 0.1) is 20.8 Å². The highest BCUT2D eigenvalue weighted by molar-refractivity contribution is 7.15. The number of hydrogen-bond donors (Lipinski definition) is 1. The standard InChI is InChI=1S/C26H34ClN7S/c1-17-18(2)35-26-23(17)24(20-6-8-21(27)9-7-20)29-22(25-31-30-19(3)34(25)26)16-28-10-5-11-33-14-12-32(4)13-15-33/h6-9,22,28H,5,10-16H2,1-4H3. The third kappa shape index (κ3) is 5.08. The van der Waals surface area contributed by atoms with Crippen molar-refractivity contribution in [2.24, 2.45) is 4.99 Å². The van der Waals surface area contributed by atoms with Gasteiger partial charge in [-0.25, -0.2) is 0 Å². The molecule has 9 heteroatoms. The van der Waals surface area contributed by atoms with Crippen LogP contribution in [0.4, 0.5) is 0 Å². The van der Waals surface area contributed by atoms with E-state index in [1.54, 1.807) is 11.3 Å². The quantitative estimate of drug-likeness (QED) is 0.485. The van der Waals surface area contributed by atoms with Crippen LogP contribution >= 0.6 is 22.9 Å². The zero-order chi connectivity index (χ0) is 24.5. The molecule has 1 aromatic carbocycles. The number of likely N-dealkylation sites (N-methyl/N-ethyl adjacent to an activating group) is 1. The van der Waals surface area contributed by atoms with E-state index in [-0.39, 0.29) is 6.04 Å². The van der Waals surface area contributed by atoms with E-state index in [0.717, 1.165) is 85.2 Å². The molecule has 1 saturated heterocycles. The van der Waals surface area contributed by atoms with E-state index in [1.807, 2.05) is 19.1 Å². The van der Waals surface area contributed by atoms with Crippen LogP contribution in [0.2, 0.25) is 5.02 Å². The Hall–Kier alpha value is -2.10. The summed E-state index contributed by atoms with van der Waals surface area (Å²) in [5, 5.41) is 14.6. The van der Waals surface area contributed by atoms with Crippen molar-refractivity contribution in [1.29, 1.82) is 0 Å². The summed E-state index contributed by atoms with van der Waals surface area (Å²) in [6.45, 7) is 13.9. The Morgan fingerprint density at radius 2 is 1.80 bits per heavy atom. The molecule has 35 heavy (non-hydrogen) atoms. The molecular formula is C26H34ClN7S. The van der Waals surface area contributed by atoms with E-state index < -0.39 is 0 Å². The lowest BCUT2D eigenvalue weighted by molar-refractivity contribution is 0.152. The molecule has 0 aliphatic carbocycles. The number of aryl methyl sites for hydroxylation is 2. The van der Waals surface area contributed by atoms with E-state index >= 15 is 0 Å². The number of rotatable bonds is 7. The first-order valence-electron chi connectivity index (χ1n) is 12.4. The van der Waals surface area contributed by atoms with E-state index in [2.05, 4.69) is 62.9 Å². The molecule has 3 aromatic rings. The van der Waals surface area contributed by atoms with Gasteiger partial charge in [0.15, 0.2) is 5.82 Å². The largest absolute Gasteiger partial charge is 0.314 e. The molecule has 0 radical (unpaired) electrons. The average Bonchev–Trinajstić information content (AvgIpc) is 3.32. The first kappa shape index (κ1) is 24.6. The Kier molecular flexibility index (Phi) is 7.37. The van der Waals surface area contributed by atoms with E-state index in [1.165, 1.54) is 16.0 Å². The molecular weight excluding hydrogens is 478 g/mol. The molecule has 1 N–H and O–H groups in total. The number of fused-ring (bicyclic) bond motifs is 3. The fourth-order valence-electron chi connectivity index (χ4n) is 4.87. The second-order valence-corrected chi connectivity index (χ2v) is 11.2. The second kappa shape index (κ2) is 10.5. The number of nitrogens with one attached hydrogen (secondary N) is 1. The summed E-state index contributed by atoms with van der Waals surface area (Å²) in [7, 11) is 2.20. The van der Waals surface area contributed by atoms with E-state index in [9.17, 15) is 0 Å². The van der Waals surface area contributed by atoms with Crippen LogP contribution in [-0.2, 0) is 0 Å². The Morgan fingerprint density at radius 3 is 2.54 bits per heavy atom. The van der Waals surface area contributed by atoms with Gasteiger partial charge in [-0.2, -0.15) is 0 Å². The number of nitrogens with zero attached hydrogens (tertiary/aromatic N) is 6. The first-order valence-corrected chi connectivity index (χ1v) is 13.6. The lowest BCUT2D eigenvalue weighted by Crippen LogP contribution is -2.45. The zero-order valence-electron chi connectivity index (χ0n) is 21.0. The van der Waals surface area contributed by atoms with Gasteiger partial charge in [-0.3, -0.25) is 9.56 Å². The van der Waals surface area contributed by atoms with Gasteiger partial charge in [0.1, 0.15) is 16.9 Å². The van der Waals surface area contributed by atoms with Crippen LogP contribution in [0.15, 0.2) is 29.3 Å². The number of piperazine rings is 1. The molecule has 2 aliphatic rings. The summed E-state index contributed by atoms with van der Waals surface area (Å²) in [6, 6.07) is 7.89. The van der Waals surface area contributed by atoms with Crippen molar-refractivity contribution in [3.05, 3.63) is 62.5 Å². The Balaban J connectivity index is 1.39. The van der Waals surface area contributed by atoms with Gasteiger partial charge in [-0.1, -0.05) is 23.7 Å². The summed E-state index contributed by atoms with van der Waals surface area (Å²) in [5.74, 6) is 1.80. The van der Waals surface area contributed by atoms with Crippen molar-refractivity contribution in [1.82, 2.24) is 29.9 Å². The molecule has 1 unspecified atom stereocenters. The molecule has 7 nitrogen and oxygen atoms in total. The molecule has 0 bridgehead atoms. The molecule has 2 aliphatic heterocycles. The topological polar surface area (TPSA) is 61.6 Å². The van der Waals surface area contributed by atoms with Crippen LogP contribution in [0.25, 0.3) is 5.00 Å². The monoisotopic (exact) mass is 511 g/mol. The van der Waals surface area contributed by atoms with Gasteiger partial charge in [0.2, 0.25) is 0 Å². The fourth-order valence-corrected chi connectivity index (χ4v) is 6.21. The molecule has 1 fully saturated rings. The van der Waals surface area contributed by atoms with E-state index in [0.29, 0.717) is 0 Å². The Bertz CT molecular complexity index is 1210.